The predicted molar refractivity (Wildman–Crippen MR) is 72.6 cm³/mol. The van der Waals surface area contributed by atoms with Gasteiger partial charge in [-0.05, 0) is 17.9 Å². The number of aliphatic hydroxyl groups excluding tert-OH is 2. The molecule has 1 aromatic rings. The second-order valence-electron chi connectivity index (χ2n) is 5.64. The molecular weight excluding hydrogens is 228 g/mol. The van der Waals surface area contributed by atoms with Crippen molar-refractivity contribution in [3.63, 3.8) is 0 Å². The van der Waals surface area contributed by atoms with E-state index in [0.717, 1.165) is 6.42 Å². The molecule has 0 amide bonds. The van der Waals surface area contributed by atoms with Crippen molar-refractivity contribution in [1.29, 1.82) is 0 Å². The Bertz CT molecular complexity index is 368. The molecule has 0 heterocycles. The average molecular weight is 252 g/mol. The van der Waals surface area contributed by atoms with Gasteiger partial charge in [0.25, 0.3) is 0 Å². The van der Waals surface area contributed by atoms with Gasteiger partial charge >= 0.3 is 0 Å². The average Bonchev–Trinajstić information content (AvgIpc) is 2.33. The van der Waals surface area contributed by atoms with Crippen molar-refractivity contribution in [2.24, 2.45) is 5.41 Å². The first kappa shape index (κ1) is 15.0. The number of rotatable bonds is 5. The number of ether oxygens (including phenoxy) is 1. The van der Waals surface area contributed by atoms with Crippen molar-refractivity contribution in [3.8, 4) is 5.75 Å². The molecule has 0 bridgehead atoms. The van der Waals surface area contributed by atoms with Crippen LogP contribution in [0.15, 0.2) is 24.3 Å². The van der Waals surface area contributed by atoms with Gasteiger partial charge in [0.15, 0.2) is 0 Å². The number of aliphatic hydroxyl groups is 2. The standard InChI is InChI=1S/C15H24O3/c1-5-10-18-12-9-7-6-8-11(12)13(16)14(17)15(2,3)4/h6-9,13-14,16-17H,5,10H2,1-4H3. The van der Waals surface area contributed by atoms with Gasteiger partial charge in [0.2, 0.25) is 0 Å². The predicted octanol–water partition coefficient (Wildman–Crippen LogP) is 2.92. The van der Waals surface area contributed by atoms with E-state index in [1.54, 1.807) is 6.07 Å². The number of hydrogen-bond acceptors (Lipinski definition) is 3. The molecule has 0 spiro atoms. The van der Waals surface area contributed by atoms with Gasteiger partial charge in [-0.25, -0.2) is 0 Å². The fourth-order valence-corrected chi connectivity index (χ4v) is 1.71. The first-order valence-electron chi connectivity index (χ1n) is 6.45. The maximum atomic E-state index is 10.3. The van der Waals surface area contributed by atoms with Crippen molar-refractivity contribution in [3.05, 3.63) is 29.8 Å². The zero-order valence-corrected chi connectivity index (χ0v) is 11.7. The highest BCUT2D eigenvalue weighted by molar-refractivity contribution is 5.35. The first-order valence-corrected chi connectivity index (χ1v) is 6.45. The Morgan fingerprint density at radius 1 is 1.17 bits per heavy atom. The molecule has 0 saturated heterocycles. The Labute approximate surface area is 109 Å². The molecule has 0 aliphatic carbocycles. The van der Waals surface area contributed by atoms with Crippen LogP contribution in [0.2, 0.25) is 0 Å². The minimum atomic E-state index is -0.932. The highest BCUT2D eigenvalue weighted by Gasteiger charge is 2.31. The maximum Gasteiger partial charge on any atom is 0.125 e. The zero-order chi connectivity index (χ0) is 13.8. The summed E-state index contributed by atoms with van der Waals surface area (Å²) in [5, 5.41) is 20.4. The molecule has 1 aromatic carbocycles. The molecule has 0 aliphatic heterocycles. The molecule has 0 aliphatic rings. The molecule has 3 nitrogen and oxygen atoms in total. The van der Waals surface area contributed by atoms with Gasteiger partial charge in [0.1, 0.15) is 11.9 Å². The van der Waals surface area contributed by atoms with Crippen molar-refractivity contribution < 1.29 is 14.9 Å². The van der Waals surface area contributed by atoms with Gasteiger partial charge in [-0.3, -0.25) is 0 Å². The van der Waals surface area contributed by atoms with Crippen LogP contribution in [0.25, 0.3) is 0 Å². The lowest BCUT2D eigenvalue weighted by atomic mass is 9.83. The van der Waals surface area contributed by atoms with E-state index in [4.69, 9.17) is 4.74 Å². The van der Waals surface area contributed by atoms with Crippen LogP contribution in [-0.4, -0.2) is 22.9 Å². The van der Waals surface area contributed by atoms with E-state index in [1.165, 1.54) is 0 Å². The van der Waals surface area contributed by atoms with Crippen LogP contribution >= 0.6 is 0 Å². The number of para-hydroxylation sites is 1. The van der Waals surface area contributed by atoms with Crippen LogP contribution in [0.3, 0.4) is 0 Å². The summed E-state index contributed by atoms with van der Waals surface area (Å²) in [6.45, 7) is 8.33. The summed E-state index contributed by atoms with van der Waals surface area (Å²) in [4.78, 5) is 0. The zero-order valence-electron chi connectivity index (χ0n) is 11.7. The van der Waals surface area contributed by atoms with Crippen LogP contribution in [0, 0.1) is 5.41 Å². The summed E-state index contributed by atoms with van der Waals surface area (Å²) in [7, 11) is 0. The highest BCUT2D eigenvalue weighted by Crippen LogP contribution is 2.34. The summed E-state index contributed by atoms with van der Waals surface area (Å²) in [5.41, 5.74) is 0.269. The van der Waals surface area contributed by atoms with Crippen molar-refractivity contribution in [1.82, 2.24) is 0 Å². The quantitative estimate of drug-likeness (QED) is 0.847. The Balaban J connectivity index is 2.94. The topological polar surface area (TPSA) is 49.7 Å². The SMILES string of the molecule is CCCOc1ccccc1C(O)C(O)C(C)(C)C. The van der Waals surface area contributed by atoms with Gasteiger partial charge in [-0.15, -0.1) is 0 Å². The monoisotopic (exact) mass is 252 g/mol. The van der Waals surface area contributed by atoms with Crippen LogP contribution < -0.4 is 4.74 Å². The van der Waals surface area contributed by atoms with Crippen molar-refractivity contribution >= 4 is 0 Å². The summed E-state index contributed by atoms with van der Waals surface area (Å²) in [5.74, 6) is 0.648. The lowest BCUT2D eigenvalue weighted by Crippen LogP contribution is -2.32. The van der Waals surface area contributed by atoms with E-state index in [9.17, 15) is 10.2 Å². The molecule has 2 unspecified atom stereocenters. The molecule has 0 fully saturated rings. The molecule has 2 N–H and O–H groups in total. The van der Waals surface area contributed by atoms with E-state index in [1.807, 2.05) is 45.9 Å². The second kappa shape index (κ2) is 6.21. The Morgan fingerprint density at radius 3 is 2.33 bits per heavy atom. The second-order valence-corrected chi connectivity index (χ2v) is 5.64. The molecular formula is C15H24O3. The smallest absolute Gasteiger partial charge is 0.125 e. The fourth-order valence-electron chi connectivity index (χ4n) is 1.71. The Kier molecular flexibility index (Phi) is 5.17. The van der Waals surface area contributed by atoms with Crippen LogP contribution in [0.1, 0.15) is 45.8 Å². The lowest BCUT2D eigenvalue weighted by Gasteiger charge is -2.30. The van der Waals surface area contributed by atoms with Crippen LogP contribution in [0.4, 0.5) is 0 Å². The van der Waals surface area contributed by atoms with E-state index in [0.29, 0.717) is 17.9 Å². The number of hydrogen-bond donors (Lipinski definition) is 2. The van der Waals surface area contributed by atoms with E-state index < -0.39 is 12.2 Å². The molecule has 1 rings (SSSR count). The van der Waals surface area contributed by atoms with Gasteiger partial charge in [-0.2, -0.15) is 0 Å². The highest BCUT2D eigenvalue weighted by atomic mass is 16.5. The Morgan fingerprint density at radius 2 is 1.78 bits per heavy atom. The van der Waals surface area contributed by atoms with Crippen LogP contribution in [-0.2, 0) is 0 Å². The molecule has 3 heteroatoms. The van der Waals surface area contributed by atoms with Gasteiger partial charge < -0.3 is 14.9 Å². The molecule has 0 aromatic heterocycles. The summed E-state index contributed by atoms with van der Waals surface area (Å²) < 4.78 is 5.60. The van der Waals surface area contributed by atoms with E-state index >= 15 is 0 Å². The minimum Gasteiger partial charge on any atom is -0.493 e. The molecule has 102 valence electrons. The minimum absolute atomic E-state index is 0.378. The Hall–Kier alpha value is -1.06. The normalized spacial score (nSPS) is 15.2. The van der Waals surface area contributed by atoms with Crippen molar-refractivity contribution in [2.75, 3.05) is 6.61 Å². The van der Waals surface area contributed by atoms with E-state index in [-0.39, 0.29) is 5.41 Å². The third-order valence-corrected chi connectivity index (χ3v) is 2.89. The number of benzene rings is 1. The molecule has 0 saturated carbocycles. The van der Waals surface area contributed by atoms with Crippen molar-refractivity contribution in [2.45, 2.75) is 46.3 Å². The molecule has 2 atom stereocenters. The lowest BCUT2D eigenvalue weighted by molar-refractivity contribution is -0.0468. The molecule has 18 heavy (non-hydrogen) atoms. The summed E-state index contributed by atoms with van der Waals surface area (Å²) in [6, 6.07) is 7.33. The summed E-state index contributed by atoms with van der Waals surface area (Å²) >= 11 is 0. The van der Waals surface area contributed by atoms with Gasteiger partial charge in [0, 0.05) is 5.56 Å². The maximum absolute atomic E-state index is 10.3. The van der Waals surface area contributed by atoms with Crippen LogP contribution in [0.5, 0.6) is 5.75 Å². The summed E-state index contributed by atoms with van der Waals surface area (Å²) in [6.07, 6.45) is -0.853. The van der Waals surface area contributed by atoms with Gasteiger partial charge in [0.05, 0.1) is 12.7 Å². The van der Waals surface area contributed by atoms with E-state index in [2.05, 4.69) is 0 Å². The third-order valence-electron chi connectivity index (χ3n) is 2.89. The fraction of sp³-hybridized carbons (Fsp3) is 0.600. The third kappa shape index (κ3) is 3.72. The largest absolute Gasteiger partial charge is 0.493 e. The van der Waals surface area contributed by atoms with Gasteiger partial charge in [-0.1, -0.05) is 45.9 Å². The first-order chi connectivity index (χ1) is 8.38. The molecule has 0 radical (unpaired) electrons.